The van der Waals surface area contributed by atoms with Gasteiger partial charge >= 0.3 is 24.2 Å². The Balaban J connectivity index is 2.14. The van der Waals surface area contributed by atoms with Crippen molar-refractivity contribution in [3.63, 3.8) is 0 Å². The quantitative estimate of drug-likeness (QED) is 0.212. The summed E-state index contributed by atoms with van der Waals surface area (Å²) in [6.45, 7) is 0. The SMILES string of the molecule is NC(=O)c1cccc(-c2cccc(C(=O)Nc3c(I)cc(C(F)(C(F)(F)F)C(F)(F)F)cc3C(F)(F)F)c2F)c1. The fourth-order valence-corrected chi connectivity index (χ4v) is 4.36. The number of nitrogens with one attached hydrogen (secondary N) is 1. The minimum atomic E-state index is -6.70. The van der Waals surface area contributed by atoms with E-state index in [1.165, 1.54) is 18.2 Å². The van der Waals surface area contributed by atoms with Crippen LogP contribution in [-0.2, 0) is 11.8 Å². The van der Waals surface area contributed by atoms with E-state index >= 15 is 4.39 Å². The van der Waals surface area contributed by atoms with Crippen molar-refractivity contribution in [2.75, 3.05) is 5.32 Å². The van der Waals surface area contributed by atoms with Gasteiger partial charge in [-0.25, -0.2) is 8.78 Å². The smallest absolute Gasteiger partial charge is 0.366 e. The molecule has 0 radical (unpaired) electrons. The summed E-state index contributed by atoms with van der Waals surface area (Å²) in [5.41, 5.74) is -8.19. The Hall–Kier alpha value is -3.44. The Bertz CT molecular complexity index is 1470. The number of hydrogen-bond acceptors (Lipinski definition) is 2. The lowest BCUT2D eigenvalue weighted by Crippen LogP contribution is -2.50. The summed E-state index contributed by atoms with van der Waals surface area (Å²) in [6, 6.07) is 7.34. The molecule has 0 atom stereocenters. The molecule has 214 valence electrons. The normalized spacial score (nSPS) is 12.8. The number of anilines is 1. The third-order valence-electron chi connectivity index (χ3n) is 5.51. The minimum Gasteiger partial charge on any atom is -0.366 e. The predicted molar refractivity (Wildman–Crippen MR) is 127 cm³/mol. The second-order valence-corrected chi connectivity index (χ2v) is 9.26. The summed E-state index contributed by atoms with van der Waals surface area (Å²) < 4.78 is 149. The van der Waals surface area contributed by atoms with Crippen LogP contribution in [0.5, 0.6) is 0 Å². The first-order valence-electron chi connectivity index (χ1n) is 10.4. The molecule has 0 aliphatic carbocycles. The number of nitrogens with two attached hydrogens (primary N) is 1. The first-order valence-corrected chi connectivity index (χ1v) is 11.5. The lowest BCUT2D eigenvalue weighted by molar-refractivity contribution is -0.348. The van der Waals surface area contributed by atoms with E-state index in [1.807, 2.05) is 0 Å². The van der Waals surface area contributed by atoms with Crippen LogP contribution in [0.25, 0.3) is 11.1 Å². The number of benzene rings is 3. The van der Waals surface area contributed by atoms with Crippen molar-refractivity contribution >= 4 is 40.1 Å². The Morgan fingerprint density at radius 1 is 0.800 bits per heavy atom. The van der Waals surface area contributed by atoms with Gasteiger partial charge in [0.2, 0.25) is 5.91 Å². The van der Waals surface area contributed by atoms with Gasteiger partial charge in [0.1, 0.15) is 5.82 Å². The number of alkyl halides is 10. The van der Waals surface area contributed by atoms with Gasteiger partial charge in [-0.1, -0.05) is 24.3 Å². The maximum absolute atomic E-state index is 15.3. The molecule has 3 N–H and O–H groups in total. The number of amides is 2. The average molecular weight is 696 g/mol. The van der Waals surface area contributed by atoms with Crippen molar-refractivity contribution in [1.29, 1.82) is 0 Å². The molecule has 0 bridgehead atoms. The first kappa shape index (κ1) is 31.1. The molecule has 3 rings (SSSR count). The van der Waals surface area contributed by atoms with Gasteiger partial charge in [-0.15, -0.1) is 0 Å². The van der Waals surface area contributed by atoms with E-state index in [-0.39, 0.29) is 22.8 Å². The van der Waals surface area contributed by atoms with Gasteiger partial charge in [-0.3, -0.25) is 9.59 Å². The number of carbonyl (C=O) groups excluding carboxylic acids is 2. The standard InChI is InChI=1S/C24H12F11IN2O2/c25-17-13(10-3-1-4-11(7-10)19(37)39)5-2-6-14(17)20(40)38-18-15(22(27,28)29)8-12(9-16(18)36)21(26,23(30,31)32)24(33,34)35/h1-9H,(H2,37,39)(H,38,40). The van der Waals surface area contributed by atoms with Crippen LogP contribution < -0.4 is 11.1 Å². The highest BCUT2D eigenvalue weighted by Gasteiger charge is 2.73. The zero-order valence-corrected chi connectivity index (χ0v) is 21.3. The lowest BCUT2D eigenvalue weighted by Gasteiger charge is -2.31. The molecule has 0 unspecified atom stereocenters. The first-order chi connectivity index (χ1) is 18.2. The summed E-state index contributed by atoms with van der Waals surface area (Å²) in [5, 5.41) is 1.64. The number of hydrogen-bond donors (Lipinski definition) is 2. The average Bonchev–Trinajstić information content (AvgIpc) is 2.82. The molecule has 0 saturated heterocycles. The molecule has 3 aromatic rings. The van der Waals surface area contributed by atoms with Crippen molar-refractivity contribution in [2.24, 2.45) is 5.73 Å². The molecule has 16 heteroatoms. The molecule has 0 spiro atoms. The number of primary amides is 1. The number of halogens is 12. The lowest BCUT2D eigenvalue weighted by atomic mass is 9.92. The van der Waals surface area contributed by atoms with E-state index in [0.29, 0.717) is 0 Å². The van der Waals surface area contributed by atoms with Crippen molar-refractivity contribution < 1.29 is 57.9 Å². The highest BCUT2D eigenvalue weighted by Crippen LogP contribution is 2.54. The molecule has 4 nitrogen and oxygen atoms in total. The topological polar surface area (TPSA) is 72.2 Å². The van der Waals surface area contributed by atoms with Crippen molar-refractivity contribution in [1.82, 2.24) is 0 Å². The third kappa shape index (κ3) is 5.71. The zero-order chi connectivity index (χ0) is 30.4. The van der Waals surface area contributed by atoms with E-state index < -0.39 is 73.8 Å². The van der Waals surface area contributed by atoms with Crippen molar-refractivity contribution in [3.8, 4) is 11.1 Å². The summed E-state index contributed by atoms with van der Waals surface area (Å²) in [6.07, 6.45) is -19.1. The van der Waals surface area contributed by atoms with Crippen LogP contribution in [0.1, 0.15) is 31.8 Å². The number of rotatable bonds is 5. The highest BCUT2D eigenvalue weighted by atomic mass is 127. The minimum absolute atomic E-state index is 0.0388. The zero-order valence-electron chi connectivity index (χ0n) is 19.1. The summed E-state index contributed by atoms with van der Waals surface area (Å²) in [5.74, 6) is -3.74. The molecule has 0 fully saturated rings. The fourth-order valence-electron chi connectivity index (χ4n) is 3.60. The molecule has 0 aliphatic rings. The third-order valence-corrected chi connectivity index (χ3v) is 6.37. The van der Waals surface area contributed by atoms with Gasteiger partial charge in [-0.05, 0) is 58.5 Å². The maximum atomic E-state index is 15.3. The molecular weight excluding hydrogens is 684 g/mol. The van der Waals surface area contributed by atoms with Gasteiger partial charge in [0, 0.05) is 20.3 Å². The van der Waals surface area contributed by atoms with E-state index in [1.54, 1.807) is 5.32 Å². The highest BCUT2D eigenvalue weighted by molar-refractivity contribution is 14.1. The van der Waals surface area contributed by atoms with Crippen LogP contribution in [0.2, 0.25) is 0 Å². The predicted octanol–water partition coefficient (Wildman–Crippen LogP) is 7.76. The Kier molecular flexibility index (Phi) is 8.17. The van der Waals surface area contributed by atoms with Gasteiger partial charge in [-0.2, -0.15) is 39.5 Å². The largest absolute Gasteiger partial charge is 0.435 e. The summed E-state index contributed by atoms with van der Waals surface area (Å²) in [7, 11) is 0. The van der Waals surface area contributed by atoms with Crippen LogP contribution in [-0.4, -0.2) is 24.2 Å². The van der Waals surface area contributed by atoms with Gasteiger partial charge in [0.05, 0.1) is 16.8 Å². The molecule has 0 saturated carbocycles. The fraction of sp³-hybridized carbons (Fsp3) is 0.167. The van der Waals surface area contributed by atoms with E-state index in [4.69, 9.17) is 5.73 Å². The molecule has 0 heterocycles. The van der Waals surface area contributed by atoms with Crippen LogP contribution in [0, 0.1) is 9.39 Å². The Morgan fingerprint density at radius 2 is 1.38 bits per heavy atom. The van der Waals surface area contributed by atoms with E-state index in [0.717, 1.165) is 46.9 Å². The molecule has 40 heavy (non-hydrogen) atoms. The van der Waals surface area contributed by atoms with Crippen LogP contribution in [0.4, 0.5) is 54.0 Å². The van der Waals surface area contributed by atoms with Crippen molar-refractivity contribution in [2.45, 2.75) is 24.2 Å². The molecular formula is C24H12F11IN2O2. The van der Waals surface area contributed by atoms with Crippen LogP contribution >= 0.6 is 22.6 Å². The second kappa shape index (κ2) is 10.5. The molecule has 3 aromatic carbocycles. The van der Waals surface area contributed by atoms with E-state index in [9.17, 15) is 53.5 Å². The maximum Gasteiger partial charge on any atom is 0.435 e. The van der Waals surface area contributed by atoms with Crippen LogP contribution in [0.15, 0.2) is 54.6 Å². The molecule has 2 amide bonds. The van der Waals surface area contributed by atoms with E-state index in [2.05, 4.69) is 0 Å². The Morgan fingerprint density at radius 3 is 1.90 bits per heavy atom. The van der Waals surface area contributed by atoms with Gasteiger partial charge in [0.15, 0.2) is 0 Å². The molecule has 0 aliphatic heterocycles. The number of carbonyl (C=O) groups is 2. The summed E-state index contributed by atoms with van der Waals surface area (Å²) in [4.78, 5) is 24.2. The van der Waals surface area contributed by atoms with Gasteiger partial charge in [0.25, 0.3) is 5.91 Å². The summed E-state index contributed by atoms with van der Waals surface area (Å²) >= 11 is 0.882. The molecule has 0 aromatic heterocycles. The second-order valence-electron chi connectivity index (χ2n) is 8.10. The van der Waals surface area contributed by atoms with Crippen LogP contribution in [0.3, 0.4) is 0 Å². The Labute approximate surface area is 230 Å². The monoisotopic (exact) mass is 696 g/mol. The van der Waals surface area contributed by atoms with Crippen molar-refractivity contribution in [3.05, 3.63) is 86.2 Å². The van der Waals surface area contributed by atoms with Gasteiger partial charge < -0.3 is 11.1 Å².